The molecule has 0 saturated heterocycles. The summed E-state index contributed by atoms with van der Waals surface area (Å²) in [5.41, 5.74) is 0. The topological polar surface area (TPSA) is 60.7 Å². The Morgan fingerprint density at radius 2 is 0.600 bits per heavy atom. The van der Waals surface area contributed by atoms with Crippen molar-refractivity contribution < 1.29 is 15.3 Å². The van der Waals surface area contributed by atoms with E-state index < -0.39 is 0 Å². The molecule has 0 amide bonds. The van der Waals surface area contributed by atoms with Gasteiger partial charge in [0.1, 0.15) is 0 Å². The van der Waals surface area contributed by atoms with Crippen molar-refractivity contribution in [1.82, 2.24) is 0 Å². The minimum atomic E-state index is 0.250. The molecular weight excluding hydrogens is 222 g/mol. The molecule has 0 spiro atoms. The molecule has 0 radical (unpaired) electrons. The fourth-order valence-corrected chi connectivity index (χ4v) is 0. The first-order chi connectivity index (χ1) is 7.07. The Labute approximate surface area is 113 Å². The molecule has 0 saturated carbocycles. The van der Waals surface area contributed by atoms with Crippen molar-refractivity contribution in [2.75, 3.05) is 19.8 Å². The van der Waals surface area contributed by atoms with Gasteiger partial charge in [0.15, 0.2) is 0 Å². The zero-order chi connectivity index (χ0) is 13.5. The molecule has 3 N–H and O–H groups in total. The predicted octanol–water partition coefficient (Wildman–Crippen LogP) is 1.18. The second-order valence-electron chi connectivity index (χ2n) is 1.77. The molecular formula is C10H28Al2O3+4. The van der Waals surface area contributed by atoms with Crippen molar-refractivity contribution in [1.29, 1.82) is 0 Å². The summed E-state index contributed by atoms with van der Waals surface area (Å²) in [6.07, 6.45) is 0. The molecule has 15 heavy (non-hydrogen) atoms. The molecule has 0 atom stereocenters. The van der Waals surface area contributed by atoms with E-state index in [1.807, 2.05) is 0 Å². The van der Waals surface area contributed by atoms with Crippen LogP contribution in [0.3, 0.4) is 0 Å². The molecule has 0 unspecified atom stereocenters. The Balaban J connectivity index is -0.0000000278. The maximum absolute atomic E-state index is 7.57. The molecule has 0 heterocycles. The Bertz CT molecular complexity index is 30.2. The van der Waals surface area contributed by atoms with Gasteiger partial charge in [-0.15, -0.1) is 0 Å². The third-order valence-corrected chi connectivity index (χ3v) is 0. The summed E-state index contributed by atoms with van der Waals surface area (Å²) in [5.74, 6) is 0. The van der Waals surface area contributed by atoms with Gasteiger partial charge in [-0.1, -0.05) is 0 Å². The van der Waals surface area contributed by atoms with Crippen LogP contribution in [0, 0.1) is 0 Å². The number of aliphatic hydroxyl groups is 3. The van der Waals surface area contributed by atoms with Crippen LogP contribution in [0.1, 0.15) is 34.6 Å². The summed E-state index contributed by atoms with van der Waals surface area (Å²) in [6.45, 7) is 9.97. The molecule has 3 nitrogen and oxygen atoms in total. The van der Waals surface area contributed by atoms with Gasteiger partial charge in [0.2, 0.25) is 0 Å². The van der Waals surface area contributed by atoms with Gasteiger partial charge in [-0.25, -0.2) is 0 Å². The van der Waals surface area contributed by atoms with E-state index in [0.29, 0.717) is 0 Å². The van der Waals surface area contributed by atoms with Crippen molar-refractivity contribution >= 4 is 32.6 Å². The van der Waals surface area contributed by atoms with Crippen LogP contribution in [-0.2, 0) is 0 Å². The SMILES string of the molecule is CCO.CCO.CCO.C[CH2][Al+2].C[CH2][Al+2]. The van der Waals surface area contributed by atoms with Crippen LogP contribution in [0.2, 0.25) is 10.6 Å². The van der Waals surface area contributed by atoms with E-state index in [2.05, 4.69) is 46.4 Å². The van der Waals surface area contributed by atoms with Crippen LogP contribution in [0.4, 0.5) is 0 Å². The van der Waals surface area contributed by atoms with E-state index in [0.717, 1.165) is 0 Å². The Kier molecular flexibility index (Phi) is 163. The van der Waals surface area contributed by atoms with Crippen LogP contribution >= 0.6 is 0 Å². The molecule has 0 aliphatic heterocycles. The van der Waals surface area contributed by atoms with Crippen LogP contribution in [0.25, 0.3) is 0 Å². The standard InChI is InChI=1S/3C2H6O.2C2H5.2Al/c3*1-2-3;2*1-2;;/h3*3H,2H2,1H3;2*1H2,2H3;;/q;;;;;2*+2. The maximum atomic E-state index is 7.57. The zero-order valence-electron chi connectivity index (χ0n) is 11.0. The summed E-state index contributed by atoms with van der Waals surface area (Å²) in [7, 11) is 0. The van der Waals surface area contributed by atoms with Gasteiger partial charge in [0.05, 0.1) is 0 Å². The van der Waals surface area contributed by atoms with E-state index in [4.69, 9.17) is 15.3 Å². The predicted molar refractivity (Wildman–Crippen MR) is 70.7 cm³/mol. The second-order valence-corrected chi connectivity index (χ2v) is 3.40. The number of rotatable bonds is 0. The molecule has 0 aromatic carbocycles. The first kappa shape index (κ1) is 29.7. The number of hydrogen-bond acceptors (Lipinski definition) is 3. The second kappa shape index (κ2) is 82.2. The van der Waals surface area contributed by atoms with Gasteiger partial charge >= 0.3 is 57.0 Å². The van der Waals surface area contributed by atoms with Crippen LogP contribution in [0.15, 0.2) is 0 Å². The number of hydrogen-bond donors (Lipinski definition) is 3. The van der Waals surface area contributed by atoms with Gasteiger partial charge in [0, 0.05) is 19.8 Å². The molecule has 0 fully saturated rings. The van der Waals surface area contributed by atoms with Gasteiger partial charge in [-0.2, -0.15) is 0 Å². The first-order valence-electron chi connectivity index (χ1n) is 5.30. The first-order valence-corrected chi connectivity index (χ1v) is 6.93. The van der Waals surface area contributed by atoms with Gasteiger partial charge in [-0.3, -0.25) is 0 Å². The Morgan fingerprint density at radius 3 is 0.600 bits per heavy atom. The molecule has 0 aliphatic carbocycles. The third kappa shape index (κ3) is 2800. The molecule has 5 heteroatoms. The van der Waals surface area contributed by atoms with Gasteiger partial charge < -0.3 is 15.3 Å². The number of aliphatic hydroxyl groups excluding tert-OH is 3. The monoisotopic (exact) mass is 250 g/mol. The molecule has 88 valence electrons. The van der Waals surface area contributed by atoms with Crippen molar-refractivity contribution in [2.24, 2.45) is 0 Å². The third-order valence-electron chi connectivity index (χ3n) is 0. The van der Waals surface area contributed by atoms with E-state index in [1.54, 1.807) is 20.8 Å². The fraction of sp³-hybridized carbons (Fsp3) is 1.00. The molecule has 0 aromatic heterocycles. The quantitative estimate of drug-likeness (QED) is 0.566. The van der Waals surface area contributed by atoms with Crippen molar-refractivity contribution in [3.63, 3.8) is 0 Å². The van der Waals surface area contributed by atoms with Crippen molar-refractivity contribution in [3.05, 3.63) is 0 Å². The van der Waals surface area contributed by atoms with E-state index in [-0.39, 0.29) is 19.8 Å². The van der Waals surface area contributed by atoms with E-state index >= 15 is 0 Å². The average molecular weight is 250 g/mol. The van der Waals surface area contributed by atoms with Gasteiger partial charge in [0.25, 0.3) is 0 Å². The van der Waals surface area contributed by atoms with Gasteiger partial charge in [-0.05, 0) is 20.8 Å². The molecule has 0 aromatic rings. The summed E-state index contributed by atoms with van der Waals surface area (Å²) >= 11 is 5.16. The summed E-state index contributed by atoms with van der Waals surface area (Å²) in [6, 6.07) is 0. The fourth-order valence-electron chi connectivity index (χ4n) is 0. The average Bonchev–Trinajstić information content (AvgIpc) is 2.09. The van der Waals surface area contributed by atoms with Crippen molar-refractivity contribution in [3.8, 4) is 0 Å². The molecule has 0 rings (SSSR count). The molecule has 0 bridgehead atoms. The Hall–Kier alpha value is 0.945. The van der Waals surface area contributed by atoms with Crippen molar-refractivity contribution in [2.45, 2.75) is 45.2 Å². The van der Waals surface area contributed by atoms with Crippen LogP contribution in [-0.4, -0.2) is 67.7 Å². The minimum absolute atomic E-state index is 0.250. The normalized spacial score (nSPS) is 6.13. The van der Waals surface area contributed by atoms with E-state index in [1.165, 1.54) is 10.6 Å². The Morgan fingerprint density at radius 1 is 0.600 bits per heavy atom. The molecule has 0 aliphatic rings. The summed E-state index contributed by atoms with van der Waals surface area (Å²) < 4.78 is 0. The van der Waals surface area contributed by atoms with E-state index in [9.17, 15) is 0 Å². The summed E-state index contributed by atoms with van der Waals surface area (Å²) in [5, 5.41) is 25.0. The summed E-state index contributed by atoms with van der Waals surface area (Å²) in [4.78, 5) is 0. The van der Waals surface area contributed by atoms with Crippen LogP contribution in [0.5, 0.6) is 0 Å². The van der Waals surface area contributed by atoms with Crippen LogP contribution < -0.4 is 0 Å². The zero-order valence-corrected chi connectivity index (χ0v) is 13.3.